The molecule has 0 radical (unpaired) electrons. The Morgan fingerprint density at radius 1 is 1.39 bits per heavy atom. The summed E-state index contributed by atoms with van der Waals surface area (Å²) >= 11 is 0. The van der Waals surface area contributed by atoms with Gasteiger partial charge in [0.15, 0.2) is 9.84 Å². The molecule has 0 bridgehead atoms. The maximum absolute atomic E-state index is 11.6. The quantitative estimate of drug-likeness (QED) is 0.673. The maximum atomic E-state index is 11.6. The first-order valence-corrected chi connectivity index (χ1v) is 9.10. The lowest BCUT2D eigenvalue weighted by Crippen LogP contribution is -2.44. The highest BCUT2D eigenvalue weighted by Crippen LogP contribution is 2.13. The third kappa shape index (κ3) is 5.78. The maximum Gasteiger partial charge on any atom is 0.303 e. The van der Waals surface area contributed by atoms with Crippen LogP contribution >= 0.6 is 0 Å². The number of sulfonamides is 1. The van der Waals surface area contributed by atoms with Gasteiger partial charge in [-0.2, -0.15) is 0 Å². The molecule has 1 unspecified atom stereocenters. The minimum Gasteiger partial charge on any atom is -0.481 e. The van der Waals surface area contributed by atoms with Gasteiger partial charge in [0.2, 0.25) is 10.0 Å². The van der Waals surface area contributed by atoms with Gasteiger partial charge in [-0.05, 0) is 19.3 Å². The predicted octanol–water partition coefficient (Wildman–Crippen LogP) is -0.652. The fourth-order valence-corrected chi connectivity index (χ4v) is 4.94. The van der Waals surface area contributed by atoms with Gasteiger partial charge >= 0.3 is 5.97 Å². The standard InChI is InChI=1S/C9H17NO6S2/c11-9(12)4-2-6-18(15,16)10-8-3-1-5-17(13,14)7-8/h8,10H,1-7H2,(H,11,12). The second-order valence-corrected chi connectivity index (χ2v) is 8.49. The average molecular weight is 299 g/mol. The summed E-state index contributed by atoms with van der Waals surface area (Å²) in [6, 6.07) is -0.585. The Morgan fingerprint density at radius 2 is 2.06 bits per heavy atom. The molecule has 2 N–H and O–H groups in total. The number of nitrogens with one attached hydrogen (secondary N) is 1. The van der Waals surface area contributed by atoms with E-state index in [4.69, 9.17) is 5.11 Å². The van der Waals surface area contributed by atoms with Crippen LogP contribution < -0.4 is 4.72 Å². The summed E-state index contributed by atoms with van der Waals surface area (Å²) in [5.41, 5.74) is 0. The van der Waals surface area contributed by atoms with Crippen molar-refractivity contribution in [3.63, 3.8) is 0 Å². The molecule has 0 aliphatic carbocycles. The van der Waals surface area contributed by atoms with Crippen LogP contribution in [0.4, 0.5) is 0 Å². The van der Waals surface area contributed by atoms with Gasteiger partial charge in [0.1, 0.15) is 0 Å². The summed E-state index contributed by atoms with van der Waals surface area (Å²) in [5.74, 6) is -1.42. The third-order valence-corrected chi connectivity index (χ3v) is 5.95. The first kappa shape index (κ1) is 15.4. The molecule has 1 aliphatic rings. The third-order valence-electron chi connectivity index (χ3n) is 2.61. The summed E-state index contributed by atoms with van der Waals surface area (Å²) in [6.45, 7) is 0. The summed E-state index contributed by atoms with van der Waals surface area (Å²) in [4.78, 5) is 10.3. The fraction of sp³-hybridized carbons (Fsp3) is 0.889. The molecule has 0 aromatic rings. The number of carboxylic acid groups (broad SMARTS) is 1. The molecule has 1 rings (SSSR count). The van der Waals surface area contributed by atoms with E-state index in [2.05, 4.69) is 4.72 Å². The van der Waals surface area contributed by atoms with Crippen molar-refractivity contribution in [2.75, 3.05) is 17.3 Å². The average Bonchev–Trinajstić information content (AvgIpc) is 2.13. The van der Waals surface area contributed by atoms with Gasteiger partial charge < -0.3 is 5.11 Å². The molecule has 9 heteroatoms. The molecule has 0 spiro atoms. The number of rotatable bonds is 6. The zero-order valence-electron chi connectivity index (χ0n) is 9.83. The van der Waals surface area contributed by atoms with Gasteiger partial charge in [0.05, 0.1) is 17.3 Å². The van der Waals surface area contributed by atoms with Crippen molar-refractivity contribution in [1.29, 1.82) is 0 Å². The Balaban J connectivity index is 2.47. The molecule has 0 aromatic heterocycles. The van der Waals surface area contributed by atoms with E-state index in [0.717, 1.165) is 0 Å². The van der Waals surface area contributed by atoms with E-state index < -0.39 is 31.9 Å². The molecule has 7 nitrogen and oxygen atoms in total. The van der Waals surface area contributed by atoms with Crippen molar-refractivity contribution in [2.45, 2.75) is 31.7 Å². The monoisotopic (exact) mass is 299 g/mol. The largest absolute Gasteiger partial charge is 0.481 e. The van der Waals surface area contributed by atoms with Gasteiger partial charge in [-0.1, -0.05) is 0 Å². The highest BCUT2D eigenvalue weighted by atomic mass is 32.2. The van der Waals surface area contributed by atoms with Gasteiger partial charge in [0.25, 0.3) is 0 Å². The van der Waals surface area contributed by atoms with E-state index in [1.165, 1.54) is 0 Å². The Hall–Kier alpha value is -0.670. The molecule has 106 valence electrons. The summed E-state index contributed by atoms with van der Waals surface area (Å²) in [5, 5.41) is 8.41. The van der Waals surface area contributed by atoms with Gasteiger partial charge in [-0.3, -0.25) is 4.79 Å². The summed E-state index contributed by atoms with van der Waals surface area (Å²) in [6.07, 6.45) is 0.746. The molecule has 1 atom stereocenters. The molecule has 1 heterocycles. The number of sulfone groups is 1. The lowest BCUT2D eigenvalue weighted by molar-refractivity contribution is -0.137. The number of hydrogen-bond acceptors (Lipinski definition) is 5. The van der Waals surface area contributed by atoms with Crippen LogP contribution in [0.5, 0.6) is 0 Å². The molecule has 1 saturated heterocycles. The van der Waals surface area contributed by atoms with Crippen molar-refractivity contribution in [3.8, 4) is 0 Å². The first-order valence-electron chi connectivity index (χ1n) is 5.62. The Labute approximate surface area is 107 Å². The predicted molar refractivity (Wildman–Crippen MR) is 65.5 cm³/mol. The van der Waals surface area contributed by atoms with Crippen molar-refractivity contribution in [1.82, 2.24) is 4.72 Å². The van der Waals surface area contributed by atoms with Crippen molar-refractivity contribution < 1.29 is 26.7 Å². The van der Waals surface area contributed by atoms with Crippen LogP contribution in [0.3, 0.4) is 0 Å². The zero-order chi connectivity index (χ0) is 13.8. The van der Waals surface area contributed by atoms with E-state index in [0.29, 0.717) is 12.8 Å². The SMILES string of the molecule is O=C(O)CCCS(=O)(=O)NC1CCCS(=O)(=O)C1. The molecular weight excluding hydrogens is 282 g/mol. The molecule has 0 saturated carbocycles. The number of hydrogen-bond donors (Lipinski definition) is 2. The van der Waals surface area contributed by atoms with Crippen LogP contribution in [-0.4, -0.2) is 51.2 Å². The number of carbonyl (C=O) groups is 1. The van der Waals surface area contributed by atoms with Gasteiger partial charge in [-0.15, -0.1) is 0 Å². The molecular formula is C9H17NO6S2. The topological polar surface area (TPSA) is 118 Å². The normalized spacial score (nSPS) is 23.7. The molecule has 0 amide bonds. The first-order chi connectivity index (χ1) is 8.20. The molecule has 0 aromatic carbocycles. The zero-order valence-corrected chi connectivity index (χ0v) is 11.5. The summed E-state index contributed by atoms with van der Waals surface area (Å²) < 4.78 is 48.2. The van der Waals surface area contributed by atoms with Crippen LogP contribution in [0.1, 0.15) is 25.7 Å². The van der Waals surface area contributed by atoms with Crippen LogP contribution in [0.2, 0.25) is 0 Å². The van der Waals surface area contributed by atoms with Crippen molar-refractivity contribution in [3.05, 3.63) is 0 Å². The van der Waals surface area contributed by atoms with E-state index in [-0.39, 0.29) is 30.1 Å². The van der Waals surface area contributed by atoms with E-state index in [9.17, 15) is 21.6 Å². The fourth-order valence-electron chi connectivity index (χ4n) is 1.84. The molecule has 18 heavy (non-hydrogen) atoms. The Kier molecular flexibility index (Phi) is 5.11. The lowest BCUT2D eigenvalue weighted by Gasteiger charge is -2.22. The van der Waals surface area contributed by atoms with Gasteiger partial charge in [-0.25, -0.2) is 21.6 Å². The Morgan fingerprint density at radius 3 is 2.61 bits per heavy atom. The van der Waals surface area contributed by atoms with E-state index in [1.807, 2.05) is 0 Å². The lowest BCUT2D eigenvalue weighted by atomic mass is 10.2. The van der Waals surface area contributed by atoms with Crippen molar-refractivity contribution >= 4 is 25.8 Å². The molecule has 1 fully saturated rings. The van der Waals surface area contributed by atoms with Gasteiger partial charge in [0, 0.05) is 12.5 Å². The summed E-state index contributed by atoms with van der Waals surface area (Å²) in [7, 11) is -6.76. The van der Waals surface area contributed by atoms with Crippen LogP contribution in [-0.2, 0) is 24.7 Å². The second kappa shape index (κ2) is 5.98. The number of aliphatic carboxylic acids is 1. The highest BCUT2D eigenvalue weighted by Gasteiger charge is 2.27. The second-order valence-electron chi connectivity index (χ2n) is 4.39. The van der Waals surface area contributed by atoms with E-state index >= 15 is 0 Å². The minimum atomic E-state index is -3.60. The number of carboxylic acids is 1. The van der Waals surface area contributed by atoms with Crippen LogP contribution in [0.25, 0.3) is 0 Å². The Bertz CT molecular complexity index is 495. The smallest absolute Gasteiger partial charge is 0.303 e. The van der Waals surface area contributed by atoms with E-state index in [1.54, 1.807) is 0 Å². The minimum absolute atomic E-state index is 0.0180. The molecule has 1 aliphatic heterocycles. The van der Waals surface area contributed by atoms with Crippen LogP contribution in [0.15, 0.2) is 0 Å². The van der Waals surface area contributed by atoms with Crippen molar-refractivity contribution in [2.24, 2.45) is 0 Å². The highest BCUT2D eigenvalue weighted by molar-refractivity contribution is 7.91. The van der Waals surface area contributed by atoms with Crippen LogP contribution in [0, 0.1) is 0 Å².